The third-order valence-corrected chi connectivity index (χ3v) is 5.27. The van der Waals surface area contributed by atoms with E-state index in [1.54, 1.807) is 0 Å². The number of benzene rings is 1. The molecule has 0 aromatic heterocycles. The summed E-state index contributed by atoms with van der Waals surface area (Å²) in [5.74, 6) is 2.42. The molecule has 0 radical (unpaired) electrons. The minimum atomic E-state index is 1.15. The van der Waals surface area contributed by atoms with E-state index in [0.717, 1.165) is 5.75 Å². The van der Waals surface area contributed by atoms with E-state index in [1.807, 2.05) is 0 Å². The van der Waals surface area contributed by atoms with Crippen molar-refractivity contribution in [2.75, 3.05) is 45.5 Å². The van der Waals surface area contributed by atoms with Crippen molar-refractivity contribution in [1.29, 1.82) is 0 Å². The second-order valence-corrected chi connectivity index (χ2v) is 7.20. The second kappa shape index (κ2) is 10.3. The highest BCUT2D eigenvalue weighted by Crippen LogP contribution is 2.13. The van der Waals surface area contributed by atoms with Crippen molar-refractivity contribution in [3.05, 3.63) is 35.9 Å². The van der Waals surface area contributed by atoms with Crippen LogP contribution in [0.2, 0.25) is 0 Å². The van der Waals surface area contributed by atoms with Gasteiger partial charge in [-0.05, 0) is 76.8 Å². The summed E-state index contributed by atoms with van der Waals surface area (Å²) in [6, 6.07) is 10.8. The summed E-state index contributed by atoms with van der Waals surface area (Å²) in [7, 11) is 2.27. The summed E-state index contributed by atoms with van der Waals surface area (Å²) in [5, 5.41) is 0. The van der Waals surface area contributed by atoms with Crippen LogP contribution in [-0.4, -0.2) is 55.3 Å². The molecule has 2 nitrogen and oxygen atoms in total. The molecule has 1 heterocycles. The zero-order valence-electron chi connectivity index (χ0n) is 13.5. The van der Waals surface area contributed by atoms with E-state index < -0.39 is 0 Å². The highest BCUT2D eigenvalue weighted by Gasteiger charge is 2.10. The Balaban J connectivity index is 1.42. The van der Waals surface area contributed by atoms with Crippen LogP contribution in [0.5, 0.6) is 0 Å². The Morgan fingerprint density at radius 2 is 1.76 bits per heavy atom. The van der Waals surface area contributed by atoms with E-state index in [9.17, 15) is 0 Å². The van der Waals surface area contributed by atoms with Crippen LogP contribution in [0.3, 0.4) is 0 Å². The Morgan fingerprint density at radius 1 is 1.05 bits per heavy atom. The summed E-state index contributed by atoms with van der Waals surface area (Å²) in [6.07, 6.45) is 5.45. The molecule has 21 heavy (non-hydrogen) atoms. The van der Waals surface area contributed by atoms with Crippen LogP contribution in [0.1, 0.15) is 31.2 Å². The van der Waals surface area contributed by atoms with Gasteiger partial charge in [-0.1, -0.05) is 30.3 Å². The van der Waals surface area contributed by atoms with Crippen LogP contribution in [0.25, 0.3) is 0 Å². The topological polar surface area (TPSA) is 6.48 Å². The lowest BCUT2D eigenvalue weighted by atomic mass is 10.2. The number of hydrogen-bond donors (Lipinski definition) is 0. The summed E-state index contributed by atoms with van der Waals surface area (Å²) >= 11 is 2.06. The fraction of sp³-hybridized carbons (Fsp3) is 0.667. The molecule has 0 unspecified atom stereocenters. The molecule has 1 fully saturated rings. The quantitative estimate of drug-likeness (QED) is 0.608. The number of likely N-dealkylation sites (tertiary alicyclic amines) is 1. The third kappa shape index (κ3) is 7.35. The minimum absolute atomic E-state index is 1.15. The maximum atomic E-state index is 2.61. The third-order valence-electron chi connectivity index (χ3n) is 4.15. The number of rotatable bonds is 10. The van der Waals surface area contributed by atoms with Crippen molar-refractivity contribution in [2.45, 2.75) is 31.4 Å². The number of nitrogens with zero attached hydrogens (tertiary/aromatic N) is 2. The van der Waals surface area contributed by atoms with Gasteiger partial charge in [-0.25, -0.2) is 0 Å². The molecule has 0 amide bonds. The monoisotopic (exact) mass is 306 g/mol. The maximum absolute atomic E-state index is 2.61. The molecule has 2 rings (SSSR count). The summed E-state index contributed by atoms with van der Waals surface area (Å²) in [6.45, 7) is 6.45. The SMILES string of the molecule is CN(CCCSCc1ccccc1)CCCN1CCCC1. The lowest BCUT2D eigenvalue weighted by Gasteiger charge is -2.19. The second-order valence-electron chi connectivity index (χ2n) is 6.10. The van der Waals surface area contributed by atoms with Gasteiger partial charge in [0.25, 0.3) is 0 Å². The van der Waals surface area contributed by atoms with Crippen LogP contribution in [0.4, 0.5) is 0 Å². The Labute approximate surface area is 134 Å². The Morgan fingerprint density at radius 3 is 2.52 bits per heavy atom. The van der Waals surface area contributed by atoms with Crippen molar-refractivity contribution in [2.24, 2.45) is 0 Å². The first-order valence-corrected chi connectivity index (χ1v) is 9.52. The molecule has 0 aliphatic carbocycles. The van der Waals surface area contributed by atoms with Gasteiger partial charge in [-0.2, -0.15) is 11.8 Å². The van der Waals surface area contributed by atoms with E-state index in [-0.39, 0.29) is 0 Å². The lowest BCUT2D eigenvalue weighted by molar-refractivity contribution is 0.280. The Bertz CT molecular complexity index is 363. The van der Waals surface area contributed by atoms with Crippen molar-refractivity contribution in [3.63, 3.8) is 0 Å². The van der Waals surface area contributed by atoms with Crippen LogP contribution in [0.15, 0.2) is 30.3 Å². The maximum Gasteiger partial charge on any atom is 0.0184 e. The summed E-state index contributed by atoms with van der Waals surface area (Å²) in [5.41, 5.74) is 1.45. The van der Waals surface area contributed by atoms with Gasteiger partial charge in [0.05, 0.1) is 0 Å². The highest BCUT2D eigenvalue weighted by atomic mass is 32.2. The molecule has 0 N–H and O–H groups in total. The van der Waals surface area contributed by atoms with E-state index in [0.29, 0.717) is 0 Å². The molecule has 118 valence electrons. The van der Waals surface area contributed by atoms with E-state index >= 15 is 0 Å². The van der Waals surface area contributed by atoms with E-state index in [4.69, 9.17) is 0 Å². The number of thioether (sulfide) groups is 1. The largest absolute Gasteiger partial charge is 0.306 e. The van der Waals surface area contributed by atoms with Crippen molar-refractivity contribution >= 4 is 11.8 Å². The molecule has 1 aliphatic heterocycles. The van der Waals surface area contributed by atoms with Crippen LogP contribution >= 0.6 is 11.8 Å². The van der Waals surface area contributed by atoms with Gasteiger partial charge in [0.2, 0.25) is 0 Å². The Hall–Kier alpha value is -0.510. The highest BCUT2D eigenvalue weighted by molar-refractivity contribution is 7.98. The van der Waals surface area contributed by atoms with E-state index in [2.05, 4.69) is 58.9 Å². The van der Waals surface area contributed by atoms with Gasteiger partial charge in [0.1, 0.15) is 0 Å². The minimum Gasteiger partial charge on any atom is -0.306 e. The van der Waals surface area contributed by atoms with Crippen molar-refractivity contribution in [3.8, 4) is 0 Å². The first kappa shape index (κ1) is 16.9. The molecular formula is C18H30N2S. The fourth-order valence-electron chi connectivity index (χ4n) is 2.88. The fourth-order valence-corrected chi connectivity index (χ4v) is 3.79. The smallest absolute Gasteiger partial charge is 0.0184 e. The van der Waals surface area contributed by atoms with Crippen molar-refractivity contribution in [1.82, 2.24) is 9.80 Å². The molecular weight excluding hydrogens is 276 g/mol. The standard InChI is InChI=1S/C18H30N2S/c1-19(11-7-15-20-13-5-6-14-20)12-8-16-21-17-18-9-3-2-4-10-18/h2-4,9-10H,5-8,11-17H2,1H3. The predicted octanol–water partition coefficient (Wildman–Crippen LogP) is 3.73. The molecule has 1 aliphatic rings. The van der Waals surface area contributed by atoms with Gasteiger partial charge in [-0.15, -0.1) is 0 Å². The molecule has 0 saturated carbocycles. The van der Waals surface area contributed by atoms with Gasteiger partial charge in [-0.3, -0.25) is 0 Å². The van der Waals surface area contributed by atoms with Crippen LogP contribution in [-0.2, 0) is 5.75 Å². The normalized spacial score (nSPS) is 15.9. The summed E-state index contributed by atoms with van der Waals surface area (Å²) < 4.78 is 0. The van der Waals surface area contributed by atoms with Gasteiger partial charge >= 0.3 is 0 Å². The summed E-state index contributed by atoms with van der Waals surface area (Å²) in [4.78, 5) is 5.11. The zero-order valence-corrected chi connectivity index (χ0v) is 14.3. The first-order chi connectivity index (χ1) is 10.3. The molecule has 1 aromatic carbocycles. The Kier molecular flexibility index (Phi) is 8.23. The van der Waals surface area contributed by atoms with Crippen LogP contribution < -0.4 is 0 Å². The van der Waals surface area contributed by atoms with Crippen LogP contribution in [0, 0.1) is 0 Å². The average Bonchev–Trinajstić information content (AvgIpc) is 3.01. The molecule has 0 bridgehead atoms. The first-order valence-electron chi connectivity index (χ1n) is 8.37. The average molecular weight is 307 g/mol. The molecule has 1 aromatic rings. The van der Waals surface area contributed by atoms with E-state index in [1.165, 1.54) is 69.7 Å². The van der Waals surface area contributed by atoms with Crippen molar-refractivity contribution < 1.29 is 0 Å². The number of hydrogen-bond acceptors (Lipinski definition) is 3. The van der Waals surface area contributed by atoms with Gasteiger partial charge in [0, 0.05) is 5.75 Å². The molecule has 3 heteroatoms. The molecule has 0 spiro atoms. The van der Waals surface area contributed by atoms with Gasteiger partial charge in [0.15, 0.2) is 0 Å². The lowest BCUT2D eigenvalue weighted by Crippen LogP contribution is -2.27. The zero-order chi connectivity index (χ0) is 14.8. The van der Waals surface area contributed by atoms with Gasteiger partial charge < -0.3 is 9.80 Å². The predicted molar refractivity (Wildman–Crippen MR) is 95.0 cm³/mol. The molecule has 1 saturated heterocycles. The molecule has 0 atom stereocenters.